The number of hydrogen-bond acceptors (Lipinski definition) is 5. The molecule has 1 heterocycles. The molecule has 1 aromatic heterocycles. The number of aromatic amines is 1. The van der Waals surface area contributed by atoms with Gasteiger partial charge in [0.1, 0.15) is 6.33 Å². The average molecular weight is 216 g/mol. The van der Waals surface area contributed by atoms with Gasteiger partial charge in [-0.25, -0.2) is 4.98 Å². The lowest BCUT2D eigenvalue weighted by molar-refractivity contribution is 0.254. The third-order valence-electron chi connectivity index (χ3n) is 1.72. The van der Waals surface area contributed by atoms with Gasteiger partial charge >= 0.3 is 0 Å². The van der Waals surface area contributed by atoms with Crippen LogP contribution in [0.4, 0.5) is 0 Å². The second kappa shape index (κ2) is 6.80. The third-order valence-corrected chi connectivity index (χ3v) is 2.76. The van der Waals surface area contributed by atoms with Gasteiger partial charge in [0.25, 0.3) is 0 Å². The molecule has 1 atom stereocenters. The Kier molecular flexibility index (Phi) is 5.58. The monoisotopic (exact) mass is 216 g/mol. The molecule has 0 aromatic carbocycles. The number of rotatable bonds is 7. The van der Waals surface area contributed by atoms with E-state index in [1.165, 1.54) is 6.33 Å². The molecule has 0 aliphatic carbocycles. The number of aromatic nitrogens is 3. The maximum atomic E-state index is 9.06. The average Bonchev–Trinajstić information content (AvgIpc) is 2.71. The largest absolute Gasteiger partial charge is 0.395 e. The molecule has 0 aliphatic rings. The number of aliphatic hydroxyl groups excluding tert-OH is 1. The summed E-state index contributed by atoms with van der Waals surface area (Å²) in [5, 5.41) is 19.6. The van der Waals surface area contributed by atoms with Crippen molar-refractivity contribution in [1.29, 1.82) is 0 Å². The third kappa shape index (κ3) is 4.08. The van der Waals surface area contributed by atoms with Crippen LogP contribution in [0, 0.1) is 0 Å². The van der Waals surface area contributed by atoms with Gasteiger partial charge in [-0.3, -0.25) is 5.10 Å². The first-order valence-corrected chi connectivity index (χ1v) is 5.67. The first kappa shape index (κ1) is 11.5. The molecular formula is C8H16N4OS. The smallest absolute Gasteiger partial charge is 0.183 e. The van der Waals surface area contributed by atoms with E-state index >= 15 is 0 Å². The van der Waals surface area contributed by atoms with Crippen LogP contribution in [0.15, 0.2) is 11.5 Å². The van der Waals surface area contributed by atoms with E-state index < -0.39 is 0 Å². The van der Waals surface area contributed by atoms with Gasteiger partial charge in [0.2, 0.25) is 0 Å². The van der Waals surface area contributed by atoms with E-state index in [1.807, 2.05) is 0 Å². The van der Waals surface area contributed by atoms with E-state index in [9.17, 15) is 0 Å². The number of nitrogens with zero attached hydrogens (tertiary/aromatic N) is 2. The normalized spacial score (nSPS) is 13.0. The highest BCUT2D eigenvalue weighted by atomic mass is 32.2. The molecule has 0 saturated carbocycles. The molecule has 1 unspecified atom stereocenters. The maximum absolute atomic E-state index is 9.06. The van der Waals surface area contributed by atoms with Crippen LogP contribution in [0.2, 0.25) is 0 Å². The van der Waals surface area contributed by atoms with Crippen LogP contribution in [-0.4, -0.2) is 45.2 Å². The summed E-state index contributed by atoms with van der Waals surface area (Å²) in [5.74, 6) is 0.797. The summed E-state index contributed by atoms with van der Waals surface area (Å²) >= 11 is 1.56. The quantitative estimate of drug-likeness (QED) is 0.570. The van der Waals surface area contributed by atoms with Gasteiger partial charge in [-0.1, -0.05) is 18.7 Å². The Balaban J connectivity index is 2.20. The molecule has 0 amide bonds. The summed E-state index contributed by atoms with van der Waals surface area (Å²) < 4.78 is 0. The Morgan fingerprint density at radius 3 is 3.14 bits per heavy atom. The fraction of sp³-hybridized carbons (Fsp3) is 0.750. The molecule has 0 bridgehead atoms. The van der Waals surface area contributed by atoms with Gasteiger partial charge in [0, 0.05) is 11.8 Å². The molecule has 1 aromatic rings. The Morgan fingerprint density at radius 2 is 2.57 bits per heavy atom. The standard InChI is InChI=1S/C8H16N4OS/c1-2-3-9-7(4-13)5-14-8-10-6-11-12-8/h6-7,9,13H,2-5H2,1H3,(H,10,11,12). The molecule has 5 nitrogen and oxygen atoms in total. The Labute approximate surface area is 87.7 Å². The van der Waals surface area contributed by atoms with Crippen molar-refractivity contribution in [2.75, 3.05) is 18.9 Å². The first-order valence-electron chi connectivity index (χ1n) is 4.69. The van der Waals surface area contributed by atoms with Crippen LogP contribution in [-0.2, 0) is 0 Å². The van der Waals surface area contributed by atoms with Gasteiger partial charge in [-0.15, -0.1) is 0 Å². The van der Waals surface area contributed by atoms with Crippen LogP contribution in [0.1, 0.15) is 13.3 Å². The topological polar surface area (TPSA) is 73.8 Å². The minimum absolute atomic E-state index is 0.130. The fourth-order valence-corrected chi connectivity index (χ4v) is 1.79. The van der Waals surface area contributed by atoms with E-state index in [2.05, 4.69) is 27.4 Å². The van der Waals surface area contributed by atoms with Crippen molar-refractivity contribution in [1.82, 2.24) is 20.5 Å². The molecule has 14 heavy (non-hydrogen) atoms. The summed E-state index contributed by atoms with van der Waals surface area (Å²) in [5.41, 5.74) is 0. The second-order valence-electron chi connectivity index (χ2n) is 2.94. The van der Waals surface area contributed by atoms with E-state index in [0.717, 1.165) is 23.9 Å². The van der Waals surface area contributed by atoms with E-state index in [1.54, 1.807) is 11.8 Å². The van der Waals surface area contributed by atoms with Crippen LogP contribution in [0.5, 0.6) is 0 Å². The molecule has 80 valence electrons. The summed E-state index contributed by atoms with van der Waals surface area (Å²) in [6.45, 7) is 3.19. The maximum Gasteiger partial charge on any atom is 0.183 e. The molecular weight excluding hydrogens is 200 g/mol. The predicted octanol–water partition coefficient (Wildman–Crippen LogP) is 0.257. The van der Waals surface area contributed by atoms with Gasteiger partial charge in [-0.05, 0) is 13.0 Å². The number of aliphatic hydroxyl groups is 1. The number of H-pyrrole nitrogens is 1. The van der Waals surface area contributed by atoms with Crippen molar-refractivity contribution in [3.8, 4) is 0 Å². The highest BCUT2D eigenvalue weighted by molar-refractivity contribution is 7.99. The zero-order chi connectivity index (χ0) is 10.2. The second-order valence-corrected chi connectivity index (χ2v) is 3.94. The number of thioether (sulfide) groups is 1. The van der Waals surface area contributed by atoms with E-state index in [4.69, 9.17) is 5.11 Å². The summed E-state index contributed by atoms with van der Waals surface area (Å²) in [4.78, 5) is 3.99. The van der Waals surface area contributed by atoms with Crippen molar-refractivity contribution in [2.24, 2.45) is 0 Å². The summed E-state index contributed by atoms with van der Waals surface area (Å²) in [6.07, 6.45) is 2.55. The van der Waals surface area contributed by atoms with Gasteiger partial charge in [-0.2, -0.15) is 5.10 Å². The molecule has 0 radical (unpaired) electrons. The van der Waals surface area contributed by atoms with Crippen LogP contribution >= 0.6 is 11.8 Å². The fourth-order valence-electron chi connectivity index (χ4n) is 0.968. The molecule has 0 spiro atoms. The minimum atomic E-state index is 0.130. The lowest BCUT2D eigenvalue weighted by atomic mass is 10.3. The van der Waals surface area contributed by atoms with Gasteiger partial charge in [0.15, 0.2) is 5.16 Å². The number of nitrogens with one attached hydrogen (secondary N) is 2. The molecule has 3 N–H and O–H groups in total. The molecule has 0 fully saturated rings. The van der Waals surface area contributed by atoms with Crippen LogP contribution in [0.25, 0.3) is 0 Å². The molecule has 6 heteroatoms. The SMILES string of the molecule is CCCNC(CO)CSc1ncn[nH]1. The summed E-state index contributed by atoms with van der Waals surface area (Å²) in [6, 6.07) is 0.130. The van der Waals surface area contributed by atoms with Crippen molar-refractivity contribution in [3.63, 3.8) is 0 Å². The zero-order valence-corrected chi connectivity index (χ0v) is 9.05. The zero-order valence-electron chi connectivity index (χ0n) is 8.23. The Hall–Kier alpha value is -0.590. The highest BCUT2D eigenvalue weighted by Crippen LogP contribution is 2.11. The highest BCUT2D eigenvalue weighted by Gasteiger charge is 2.07. The minimum Gasteiger partial charge on any atom is -0.395 e. The van der Waals surface area contributed by atoms with Crippen molar-refractivity contribution >= 4 is 11.8 Å². The summed E-state index contributed by atoms with van der Waals surface area (Å²) in [7, 11) is 0. The van der Waals surface area contributed by atoms with Crippen molar-refractivity contribution in [2.45, 2.75) is 24.5 Å². The van der Waals surface area contributed by atoms with Crippen molar-refractivity contribution in [3.05, 3.63) is 6.33 Å². The van der Waals surface area contributed by atoms with Gasteiger partial charge < -0.3 is 10.4 Å². The van der Waals surface area contributed by atoms with Crippen LogP contribution in [0.3, 0.4) is 0 Å². The number of hydrogen-bond donors (Lipinski definition) is 3. The lowest BCUT2D eigenvalue weighted by Gasteiger charge is -2.13. The Morgan fingerprint density at radius 1 is 1.71 bits per heavy atom. The van der Waals surface area contributed by atoms with Gasteiger partial charge in [0.05, 0.1) is 6.61 Å². The van der Waals surface area contributed by atoms with Crippen molar-refractivity contribution < 1.29 is 5.11 Å². The van der Waals surface area contributed by atoms with E-state index in [-0.39, 0.29) is 12.6 Å². The molecule has 0 saturated heterocycles. The predicted molar refractivity (Wildman–Crippen MR) is 56.3 cm³/mol. The first-order chi connectivity index (χ1) is 6.86. The lowest BCUT2D eigenvalue weighted by Crippen LogP contribution is -2.35. The molecule has 0 aliphatic heterocycles. The van der Waals surface area contributed by atoms with Crippen LogP contribution < -0.4 is 5.32 Å². The van der Waals surface area contributed by atoms with E-state index in [0.29, 0.717) is 0 Å². The molecule has 1 rings (SSSR count). The Bertz CT molecular complexity index is 229.